The average molecular weight is 473 g/mol. The molecule has 1 aromatic carbocycles. The Balaban J connectivity index is 1.58. The van der Waals surface area contributed by atoms with Gasteiger partial charge >= 0.3 is 0 Å². The molecule has 1 atom stereocenters. The smallest absolute Gasteiger partial charge is 0.276 e. The predicted octanol–water partition coefficient (Wildman–Crippen LogP) is 1.44. The van der Waals surface area contributed by atoms with E-state index in [2.05, 4.69) is 10.1 Å². The van der Waals surface area contributed by atoms with Crippen molar-refractivity contribution >= 4 is 10.0 Å². The highest BCUT2D eigenvalue weighted by Crippen LogP contribution is 2.29. The van der Waals surface area contributed by atoms with Crippen molar-refractivity contribution in [3.05, 3.63) is 76.3 Å². The first kappa shape index (κ1) is 23.4. The summed E-state index contributed by atoms with van der Waals surface area (Å²) in [4.78, 5) is 17.0. The SMILES string of the molecule is O=c1c(Cc2ccccc2)c[nH]n1-c1ccc(S(=O)(=O)N(CC(O)CO)C2CCCC2)cn1. The number of aliphatic hydroxyl groups excluding tert-OH is 2. The molecule has 0 bridgehead atoms. The molecule has 0 spiro atoms. The number of H-pyrrole nitrogens is 1. The lowest BCUT2D eigenvalue weighted by Crippen LogP contribution is -2.44. The standard InChI is InChI=1S/C23H28N4O5S/c28-16-20(29)15-26(19-8-4-5-9-19)33(31,32)21-10-11-22(24-14-21)27-23(30)18(13-25-27)12-17-6-2-1-3-7-17/h1-3,6-7,10-11,13-14,19-20,25,28-29H,4-5,8-9,12,15-16H2. The zero-order chi connectivity index (χ0) is 23.4. The van der Waals surface area contributed by atoms with E-state index in [0.29, 0.717) is 24.8 Å². The van der Waals surface area contributed by atoms with Crippen LogP contribution in [-0.4, -0.2) is 63.0 Å². The number of aromatic amines is 1. The van der Waals surface area contributed by atoms with Gasteiger partial charge in [0, 0.05) is 37.0 Å². The molecule has 9 nitrogen and oxygen atoms in total. The average Bonchev–Trinajstić information content (AvgIpc) is 3.48. The van der Waals surface area contributed by atoms with Gasteiger partial charge in [0.25, 0.3) is 5.56 Å². The molecule has 2 aromatic heterocycles. The van der Waals surface area contributed by atoms with Crippen molar-refractivity contribution in [2.45, 2.75) is 49.1 Å². The molecule has 3 N–H and O–H groups in total. The summed E-state index contributed by atoms with van der Waals surface area (Å²) in [6.45, 7) is -0.693. The fourth-order valence-corrected chi connectivity index (χ4v) is 5.88. The Morgan fingerprint density at radius 3 is 2.52 bits per heavy atom. The summed E-state index contributed by atoms with van der Waals surface area (Å²) >= 11 is 0. The van der Waals surface area contributed by atoms with Gasteiger partial charge in [-0.05, 0) is 30.5 Å². The van der Waals surface area contributed by atoms with Crippen molar-refractivity contribution in [3.8, 4) is 5.82 Å². The van der Waals surface area contributed by atoms with E-state index >= 15 is 0 Å². The molecule has 10 heteroatoms. The Hall–Kier alpha value is -2.79. The molecule has 0 amide bonds. The van der Waals surface area contributed by atoms with Crippen LogP contribution in [0.4, 0.5) is 0 Å². The van der Waals surface area contributed by atoms with Gasteiger partial charge < -0.3 is 10.2 Å². The number of hydrogen-bond acceptors (Lipinski definition) is 6. The van der Waals surface area contributed by atoms with Crippen molar-refractivity contribution < 1.29 is 18.6 Å². The van der Waals surface area contributed by atoms with Gasteiger partial charge in [0.05, 0.1) is 12.7 Å². The van der Waals surface area contributed by atoms with Gasteiger partial charge in [-0.2, -0.15) is 4.31 Å². The van der Waals surface area contributed by atoms with Crippen LogP contribution in [0.5, 0.6) is 0 Å². The first-order chi connectivity index (χ1) is 15.9. The van der Waals surface area contributed by atoms with Crippen LogP contribution >= 0.6 is 0 Å². The molecule has 0 aliphatic heterocycles. The number of sulfonamides is 1. The molecule has 3 aromatic rings. The predicted molar refractivity (Wildman–Crippen MR) is 123 cm³/mol. The van der Waals surface area contributed by atoms with Crippen molar-refractivity contribution in [1.82, 2.24) is 19.1 Å². The zero-order valence-electron chi connectivity index (χ0n) is 18.2. The molecule has 0 saturated heterocycles. The normalized spacial score (nSPS) is 15.8. The van der Waals surface area contributed by atoms with Crippen molar-refractivity contribution in [1.29, 1.82) is 0 Å². The topological polar surface area (TPSA) is 129 Å². The Labute approximate surface area is 192 Å². The summed E-state index contributed by atoms with van der Waals surface area (Å²) in [7, 11) is -3.93. The molecular formula is C23H28N4O5S. The molecule has 33 heavy (non-hydrogen) atoms. The second-order valence-electron chi connectivity index (χ2n) is 8.30. The summed E-state index contributed by atoms with van der Waals surface area (Å²) in [5, 5.41) is 22.0. The largest absolute Gasteiger partial charge is 0.394 e. The third-order valence-electron chi connectivity index (χ3n) is 5.97. The number of aromatic nitrogens is 3. The van der Waals surface area contributed by atoms with Crippen LogP contribution in [0.25, 0.3) is 5.82 Å². The second kappa shape index (κ2) is 10.0. The van der Waals surface area contributed by atoms with Gasteiger partial charge in [0.15, 0.2) is 5.82 Å². The maximum absolute atomic E-state index is 13.3. The number of pyridine rings is 1. The highest BCUT2D eigenvalue weighted by molar-refractivity contribution is 7.89. The quantitative estimate of drug-likeness (QED) is 0.432. The number of hydrogen-bond donors (Lipinski definition) is 3. The number of aliphatic hydroxyl groups is 2. The van der Waals surface area contributed by atoms with E-state index in [0.717, 1.165) is 18.4 Å². The van der Waals surface area contributed by atoms with Crippen molar-refractivity contribution in [2.24, 2.45) is 0 Å². The summed E-state index contributed by atoms with van der Waals surface area (Å²) < 4.78 is 29.2. The van der Waals surface area contributed by atoms with Crippen LogP contribution in [0.1, 0.15) is 36.8 Å². The summed E-state index contributed by atoms with van der Waals surface area (Å²) in [5.41, 5.74) is 1.33. The van der Waals surface area contributed by atoms with Crippen molar-refractivity contribution in [3.63, 3.8) is 0 Å². The Morgan fingerprint density at radius 1 is 1.15 bits per heavy atom. The second-order valence-corrected chi connectivity index (χ2v) is 10.2. The molecule has 1 fully saturated rings. The van der Waals surface area contributed by atoms with E-state index in [4.69, 9.17) is 0 Å². The van der Waals surface area contributed by atoms with Crippen LogP contribution in [0.3, 0.4) is 0 Å². The Morgan fingerprint density at radius 2 is 1.88 bits per heavy atom. The lowest BCUT2D eigenvalue weighted by atomic mass is 10.1. The molecule has 2 heterocycles. The first-order valence-electron chi connectivity index (χ1n) is 11.0. The van der Waals surface area contributed by atoms with Gasteiger partial charge in [0.1, 0.15) is 4.90 Å². The fourth-order valence-electron chi connectivity index (χ4n) is 4.21. The minimum Gasteiger partial charge on any atom is -0.394 e. The molecule has 1 unspecified atom stereocenters. The number of rotatable bonds is 9. The van der Waals surface area contributed by atoms with Gasteiger partial charge in [-0.25, -0.2) is 18.1 Å². The molecule has 176 valence electrons. The van der Waals surface area contributed by atoms with E-state index in [1.54, 1.807) is 6.20 Å². The first-order valence-corrected chi connectivity index (χ1v) is 12.4. The van der Waals surface area contributed by atoms with Gasteiger partial charge in [0.2, 0.25) is 10.0 Å². The Kier molecular flexibility index (Phi) is 7.08. The Bertz CT molecular complexity index is 1220. The molecule has 1 aliphatic carbocycles. The van der Waals surface area contributed by atoms with Gasteiger partial charge in [-0.15, -0.1) is 0 Å². The van der Waals surface area contributed by atoms with Crippen LogP contribution in [0, 0.1) is 0 Å². The number of nitrogens with one attached hydrogen (secondary N) is 1. The van der Waals surface area contributed by atoms with Crippen LogP contribution < -0.4 is 5.56 Å². The van der Waals surface area contributed by atoms with E-state index in [1.165, 1.54) is 27.3 Å². The lowest BCUT2D eigenvalue weighted by molar-refractivity contribution is 0.0715. The molecule has 0 radical (unpaired) electrons. The lowest BCUT2D eigenvalue weighted by Gasteiger charge is -2.29. The van der Waals surface area contributed by atoms with E-state index in [9.17, 15) is 23.4 Å². The van der Waals surface area contributed by atoms with Crippen LogP contribution in [0.2, 0.25) is 0 Å². The van der Waals surface area contributed by atoms with Gasteiger partial charge in [-0.3, -0.25) is 9.89 Å². The third kappa shape index (κ3) is 5.09. The highest BCUT2D eigenvalue weighted by Gasteiger charge is 2.34. The summed E-state index contributed by atoms with van der Waals surface area (Å²) in [6, 6.07) is 12.3. The van der Waals surface area contributed by atoms with E-state index < -0.39 is 22.7 Å². The van der Waals surface area contributed by atoms with Crippen LogP contribution in [0.15, 0.2) is 64.5 Å². The number of benzene rings is 1. The fraction of sp³-hybridized carbons (Fsp3) is 0.391. The van der Waals surface area contributed by atoms with Crippen LogP contribution in [-0.2, 0) is 16.4 Å². The maximum Gasteiger partial charge on any atom is 0.276 e. The van der Waals surface area contributed by atoms with Gasteiger partial charge in [-0.1, -0.05) is 43.2 Å². The van der Waals surface area contributed by atoms with E-state index in [-0.39, 0.29) is 28.9 Å². The third-order valence-corrected chi connectivity index (χ3v) is 7.87. The molecule has 1 aliphatic rings. The minimum atomic E-state index is -3.93. The summed E-state index contributed by atoms with van der Waals surface area (Å²) in [6.07, 6.45) is 5.43. The molecule has 1 saturated carbocycles. The van der Waals surface area contributed by atoms with Crippen molar-refractivity contribution in [2.75, 3.05) is 13.2 Å². The minimum absolute atomic E-state index is 0.0209. The maximum atomic E-state index is 13.3. The molecular weight excluding hydrogens is 444 g/mol. The number of nitrogens with zero attached hydrogens (tertiary/aromatic N) is 3. The summed E-state index contributed by atoms with van der Waals surface area (Å²) in [5.74, 6) is 0.279. The zero-order valence-corrected chi connectivity index (χ0v) is 19.0. The highest BCUT2D eigenvalue weighted by atomic mass is 32.2. The molecule has 4 rings (SSSR count). The monoisotopic (exact) mass is 472 g/mol. The van der Waals surface area contributed by atoms with E-state index in [1.807, 2.05) is 30.3 Å².